The first-order valence-electron chi connectivity index (χ1n) is 12.6. The first-order chi connectivity index (χ1) is 18.0. The number of halogens is 2. The van der Waals surface area contributed by atoms with E-state index in [9.17, 15) is 9.18 Å². The van der Waals surface area contributed by atoms with Gasteiger partial charge in [-0.25, -0.2) is 9.37 Å². The Labute approximate surface area is 213 Å². The Balaban J connectivity index is 1.41. The summed E-state index contributed by atoms with van der Waals surface area (Å²) in [5.41, 5.74) is 10.0. The lowest BCUT2D eigenvalue weighted by Gasteiger charge is -2.35. The van der Waals surface area contributed by atoms with E-state index in [0.717, 1.165) is 44.0 Å². The van der Waals surface area contributed by atoms with Crippen LogP contribution in [-0.2, 0) is 17.7 Å². The Hall–Kier alpha value is -3.63. The molecule has 0 atom stereocenters. The molecule has 192 valence electrons. The van der Waals surface area contributed by atoms with E-state index in [1.807, 2.05) is 18.2 Å². The van der Waals surface area contributed by atoms with Crippen molar-refractivity contribution in [2.75, 3.05) is 56.6 Å². The van der Waals surface area contributed by atoms with E-state index in [0.29, 0.717) is 42.9 Å². The van der Waals surface area contributed by atoms with Crippen LogP contribution in [-0.4, -0.2) is 66.7 Å². The van der Waals surface area contributed by atoms with Gasteiger partial charge in [-0.05, 0) is 61.3 Å². The number of nitrogens with zero attached hydrogens (tertiary/aromatic N) is 4. The van der Waals surface area contributed by atoms with Crippen LogP contribution < -0.4 is 16.0 Å². The van der Waals surface area contributed by atoms with Crippen molar-refractivity contribution in [1.29, 1.82) is 0 Å². The third kappa shape index (κ3) is 4.51. The topological polar surface area (TPSA) is 96.6 Å². The molecule has 0 aliphatic carbocycles. The quantitative estimate of drug-likeness (QED) is 0.549. The van der Waals surface area contributed by atoms with Crippen LogP contribution in [0.25, 0.3) is 22.5 Å². The second kappa shape index (κ2) is 9.68. The van der Waals surface area contributed by atoms with E-state index in [4.69, 9.17) is 10.5 Å². The maximum atomic E-state index is 15.1. The summed E-state index contributed by atoms with van der Waals surface area (Å²) in [6, 6.07) is 8.71. The number of hydrogen-bond donors (Lipinski definition) is 2. The average molecular weight is 507 g/mol. The summed E-state index contributed by atoms with van der Waals surface area (Å²) in [7, 11) is 0. The minimum atomic E-state index is -0.784. The smallest absolute Gasteiger partial charge is 0.254 e. The third-order valence-electron chi connectivity index (χ3n) is 7.28. The second-order valence-electron chi connectivity index (χ2n) is 9.67. The van der Waals surface area contributed by atoms with Crippen LogP contribution in [0.2, 0.25) is 0 Å². The molecule has 10 heteroatoms. The van der Waals surface area contributed by atoms with Crippen molar-refractivity contribution in [1.82, 2.24) is 20.2 Å². The van der Waals surface area contributed by atoms with Crippen LogP contribution in [0.15, 0.2) is 30.3 Å². The van der Waals surface area contributed by atoms with Crippen LogP contribution in [0.1, 0.15) is 27.9 Å². The van der Waals surface area contributed by atoms with E-state index in [1.165, 1.54) is 12.5 Å². The van der Waals surface area contributed by atoms with Gasteiger partial charge in [-0.1, -0.05) is 6.07 Å². The first-order valence-corrected chi connectivity index (χ1v) is 12.6. The van der Waals surface area contributed by atoms with Crippen LogP contribution in [0.5, 0.6) is 0 Å². The fraction of sp³-hybridized carbons (Fsp3) is 0.370. The molecular weight excluding hydrogens is 478 g/mol. The van der Waals surface area contributed by atoms with Gasteiger partial charge in [-0.15, -0.1) is 0 Å². The molecule has 3 aromatic rings. The number of fused-ring (bicyclic) bond motifs is 1. The predicted octanol–water partition coefficient (Wildman–Crippen LogP) is 3.00. The molecule has 3 aliphatic rings. The molecule has 2 fully saturated rings. The van der Waals surface area contributed by atoms with Gasteiger partial charge < -0.3 is 20.7 Å². The molecule has 3 aliphatic heterocycles. The number of hydrogen-bond acceptors (Lipinski definition) is 7. The first kappa shape index (κ1) is 23.7. The summed E-state index contributed by atoms with van der Waals surface area (Å²) in [5, 5.41) is 2.65. The Morgan fingerprint density at radius 3 is 2.57 bits per heavy atom. The number of nitrogen functional groups attached to an aromatic ring is 1. The molecule has 4 heterocycles. The lowest BCUT2D eigenvalue weighted by atomic mass is 9.95. The minimum absolute atomic E-state index is 0.0261. The maximum Gasteiger partial charge on any atom is 0.254 e. The van der Waals surface area contributed by atoms with E-state index in [2.05, 4.69) is 25.1 Å². The number of rotatable bonds is 5. The van der Waals surface area contributed by atoms with E-state index in [1.54, 1.807) is 6.07 Å². The fourth-order valence-corrected chi connectivity index (χ4v) is 5.23. The Morgan fingerprint density at radius 1 is 1.00 bits per heavy atom. The predicted molar refractivity (Wildman–Crippen MR) is 136 cm³/mol. The van der Waals surface area contributed by atoms with Gasteiger partial charge in [0.05, 0.1) is 18.8 Å². The maximum absolute atomic E-state index is 15.1. The van der Waals surface area contributed by atoms with Crippen molar-refractivity contribution in [2.45, 2.75) is 19.4 Å². The van der Waals surface area contributed by atoms with Crippen molar-refractivity contribution in [3.8, 4) is 22.5 Å². The molecule has 3 N–H and O–H groups in total. The normalized spacial score (nSPS) is 17.8. The van der Waals surface area contributed by atoms with Crippen molar-refractivity contribution in [2.24, 2.45) is 0 Å². The number of carbonyl (C=O) groups is 1. The molecule has 0 bridgehead atoms. The van der Waals surface area contributed by atoms with Gasteiger partial charge in [0, 0.05) is 43.0 Å². The van der Waals surface area contributed by atoms with Crippen LogP contribution in [0.3, 0.4) is 0 Å². The minimum Gasteiger partial charge on any atom is -0.382 e. The highest BCUT2D eigenvalue weighted by molar-refractivity contribution is 5.97. The zero-order valence-corrected chi connectivity index (χ0v) is 20.4. The van der Waals surface area contributed by atoms with Crippen molar-refractivity contribution < 1.29 is 18.3 Å². The lowest BCUT2D eigenvalue weighted by Crippen LogP contribution is -2.39. The summed E-state index contributed by atoms with van der Waals surface area (Å²) < 4.78 is 35.6. The average Bonchev–Trinajstić information content (AvgIpc) is 2.86. The molecule has 1 amide bonds. The van der Waals surface area contributed by atoms with Gasteiger partial charge in [0.15, 0.2) is 5.82 Å². The number of likely N-dealkylation sites (tertiary alicyclic amines) is 1. The number of nitrogens with one attached hydrogen (secondary N) is 1. The number of aromatic nitrogens is 2. The molecule has 0 saturated carbocycles. The monoisotopic (exact) mass is 506 g/mol. The molecule has 0 spiro atoms. The van der Waals surface area contributed by atoms with Gasteiger partial charge in [-0.3, -0.25) is 9.69 Å². The number of nitrogens with two attached hydrogens (primary N) is 1. The number of carbonyl (C=O) groups excluding carboxylic acids is 1. The highest BCUT2D eigenvalue weighted by atomic mass is 19.1. The zero-order chi connectivity index (χ0) is 25.5. The third-order valence-corrected chi connectivity index (χ3v) is 7.28. The molecule has 8 nitrogen and oxygen atoms in total. The molecular formula is C27H28F2N6O2. The summed E-state index contributed by atoms with van der Waals surface area (Å²) >= 11 is 0. The number of amides is 1. The van der Waals surface area contributed by atoms with Crippen LogP contribution in [0.4, 0.5) is 20.3 Å². The van der Waals surface area contributed by atoms with Crippen molar-refractivity contribution in [3.05, 3.63) is 58.8 Å². The van der Waals surface area contributed by atoms with Gasteiger partial charge in [0.2, 0.25) is 5.95 Å². The molecule has 0 radical (unpaired) electrons. The van der Waals surface area contributed by atoms with Gasteiger partial charge in [0.1, 0.15) is 17.2 Å². The highest BCUT2D eigenvalue weighted by Gasteiger charge is 2.25. The Kier molecular flexibility index (Phi) is 6.21. The summed E-state index contributed by atoms with van der Waals surface area (Å²) in [6.07, 6.45) is 1.66. The second-order valence-corrected chi connectivity index (χ2v) is 9.67. The zero-order valence-electron chi connectivity index (χ0n) is 20.4. The Bertz CT molecular complexity index is 1370. The molecule has 0 unspecified atom stereocenters. The van der Waals surface area contributed by atoms with E-state index >= 15 is 4.39 Å². The molecule has 2 saturated heterocycles. The van der Waals surface area contributed by atoms with E-state index < -0.39 is 17.7 Å². The molecule has 1 aromatic heterocycles. The van der Waals surface area contributed by atoms with Crippen molar-refractivity contribution >= 4 is 17.4 Å². The fourth-order valence-electron chi connectivity index (χ4n) is 5.23. The van der Waals surface area contributed by atoms with Crippen LogP contribution in [0, 0.1) is 11.8 Å². The Morgan fingerprint density at radius 2 is 1.81 bits per heavy atom. The molecule has 2 aromatic carbocycles. The summed E-state index contributed by atoms with van der Waals surface area (Å²) in [5.74, 6) is -2.03. The van der Waals surface area contributed by atoms with Gasteiger partial charge in [-0.2, -0.15) is 9.37 Å². The number of ether oxygens (including phenoxy) is 1. The number of benzene rings is 2. The van der Waals surface area contributed by atoms with Crippen molar-refractivity contribution in [3.63, 3.8) is 0 Å². The SMILES string of the molecule is Nc1nc(F)c(-c2ccc(N3CCOCC3)c(CN3CCC3)c2)nc1-c1cc(F)c2c(c1)CCNC2=O. The largest absolute Gasteiger partial charge is 0.382 e. The van der Waals surface area contributed by atoms with Gasteiger partial charge >= 0.3 is 0 Å². The number of anilines is 2. The highest BCUT2D eigenvalue weighted by Crippen LogP contribution is 2.34. The van der Waals surface area contributed by atoms with Gasteiger partial charge in [0.25, 0.3) is 5.91 Å². The standard InChI is InChI=1S/C27H28F2N6O2/c28-20-14-18(12-16-4-5-31-27(36)22(16)20)24-26(30)33-25(29)23(32-24)17-2-3-21(35-8-10-37-11-9-35)19(13-17)15-34-6-1-7-34/h2-3,12-14H,1,4-11,15H2,(H2,30,33)(H,31,36). The molecule has 37 heavy (non-hydrogen) atoms. The number of morpholine rings is 1. The summed E-state index contributed by atoms with van der Waals surface area (Å²) in [6.45, 7) is 6.19. The summed E-state index contributed by atoms with van der Waals surface area (Å²) in [4.78, 5) is 25.2. The van der Waals surface area contributed by atoms with E-state index in [-0.39, 0.29) is 22.8 Å². The van der Waals surface area contributed by atoms with Crippen LogP contribution >= 0.6 is 0 Å². The lowest BCUT2D eigenvalue weighted by molar-refractivity contribution is 0.0941. The molecule has 6 rings (SSSR count).